The second-order valence-corrected chi connectivity index (χ2v) is 6.37. The van der Waals surface area contributed by atoms with Gasteiger partial charge in [-0.1, -0.05) is 36.4 Å². The average Bonchev–Trinajstić information content (AvgIpc) is 3.15. The Kier molecular flexibility index (Phi) is 4.63. The molecule has 0 N–H and O–H groups in total. The molecule has 0 aliphatic carbocycles. The van der Waals surface area contributed by atoms with Gasteiger partial charge in [0.25, 0.3) is 0 Å². The number of fused-ring (bicyclic) bond motifs is 1. The molecule has 1 aliphatic heterocycles. The van der Waals surface area contributed by atoms with Gasteiger partial charge >= 0.3 is 0 Å². The highest BCUT2D eigenvalue weighted by atomic mass is 16.5. The minimum Gasteiger partial charge on any atom is -0.497 e. The summed E-state index contributed by atoms with van der Waals surface area (Å²) in [6.07, 6.45) is 4.60. The van der Waals surface area contributed by atoms with Crippen LogP contribution in [0.25, 0.3) is 12.2 Å². The van der Waals surface area contributed by atoms with Crippen molar-refractivity contribution in [3.8, 4) is 11.8 Å². The van der Waals surface area contributed by atoms with E-state index < -0.39 is 0 Å². The van der Waals surface area contributed by atoms with Crippen LogP contribution in [-0.2, 0) is 13.0 Å². The maximum absolute atomic E-state index is 9.47. The molecule has 0 radical (unpaired) electrons. The van der Waals surface area contributed by atoms with E-state index in [4.69, 9.17) is 9.15 Å². The minimum atomic E-state index is 0.319. The average molecular weight is 357 g/mol. The molecule has 2 aromatic carbocycles. The monoisotopic (exact) mass is 357 g/mol. The molecule has 0 spiro atoms. The van der Waals surface area contributed by atoms with Crippen LogP contribution in [0.15, 0.2) is 52.9 Å². The lowest BCUT2D eigenvalue weighted by molar-refractivity contribution is 0.414. The molecule has 0 saturated heterocycles. The van der Waals surface area contributed by atoms with Crippen molar-refractivity contribution in [2.24, 2.45) is 0 Å². The number of nitriles is 1. The lowest BCUT2D eigenvalue weighted by Crippen LogP contribution is -2.30. The fraction of sp³-hybridized carbons (Fsp3) is 0.182. The van der Waals surface area contributed by atoms with Crippen LogP contribution in [0.4, 0.5) is 5.88 Å². The highest BCUT2D eigenvalue weighted by molar-refractivity contribution is 5.68. The van der Waals surface area contributed by atoms with E-state index >= 15 is 0 Å². The smallest absolute Gasteiger partial charge is 0.235 e. The number of rotatable bonds is 4. The molecule has 1 aromatic heterocycles. The van der Waals surface area contributed by atoms with E-state index in [1.807, 2.05) is 36.4 Å². The zero-order valence-electron chi connectivity index (χ0n) is 15.1. The van der Waals surface area contributed by atoms with Crippen molar-refractivity contribution in [2.75, 3.05) is 18.6 Å². The number of benzene rings is 2. The van der Waals surface area contributed by atoms with E-state index in [1.54, 1.807) is 13.2 Å². The summed E-state index contributed by atoms with van der Waals surface area (Å²) in [4.78, 5) is 6.41. The number of nitrogens with zero attached hydrogens (tertiary/aromatic N) is 3. The van der Waals surface area contributed by atoms with E-state index in [-0.39, 0.29) is 0 Å². The molecule has 0 bridgehead atoms. The third-order valence-corrected chi connectivity index (χ3v) is 4.66. The van der Waals surface area contributed by atoms with Gasteiger partial charge in [-0.25, -0.2) is 0 Å². The molecule has 4 rings (SSSR count). The van der Waals surface area contributed by atoms with Gasteiger partial charge in [-0.15, -0.1) is 0 Å². The van der Waals surface area contributed by atoms with Crippen molar-refractivity contribution in [3.63, 3.8) is 0 Å². The zero-order chi connectivity index (χ0) is 18.6. The molecule has 0 saturated carbocycles. The summed E-state index contributed by atoms with van der Waals surface area (Å²) in [5, 5.41) is 9.47. The molecule has 0 atom stereocenters. The van der Waals surface area contributed by atoms with Crippen LogP contribution in [0.5, 0.6) is 5.75 Å². The molecule has 2 heterocycles. The summed E-state index contributed by atoms with van der Waals surface area (Å²) in [6, 6.07) is 18.2. The normalized spacial score (nSPS) is 13.4. The van der Waals surface area contributed by atoms with Gasteiger partial charge in [0.15, 0.2) is 0 Å². The van der Waals surface area contributed by atoms with Gasteiger partial charge in [-0.05, 0) is 41.3 Å². The first-order chi connectivity index (χ1) is 13.3. The van der Waals surface area contributed by atoms with Gasteiger partial charge in [-0.3, -0.25) is 0 Å². The van der Waals surface area contributed by atoms with Crippen molar-refractivity contribution in [1.82, 2.24) is 4.98 Å². The summed E-state index contributed by atoms with van der Waals surface area (Å²) in [6.45, 7) is 1.53. The highest BCUT2D eigenvalue weighted by Gasteiger charge is 2.23. The van der Waals surface area contributed by atoms with Crippen molar-refractivity contribution in [1.29, 1.82) is 5.26 Å². The third kappa shape index (κ3) is 3.56. The Morgan fingerprint density at radius 3 is 2.81 bits per heavy atom. The van der Waals surface area contributed by atoms with Gasteiger partial charge in [0.05, 0.1) is 7.11 Å². The lowest BCUT2D eigenvalue weighted by atomic mass is 10.00. The maximum Gasteiger partial charge on any atom is 0.235 e. The Hall–Kier alpha value is -3.52. The van der Waals surface area contributed by atoms with Crippen molar-refractivity contribution >= 4 is 18.0 Å². The SMILES string of the molecule is COc1cccc(/C=C/c2nc(C#N)c(N3CCc4ccccc4C3)o2)c1. The summed E-state index contributed by atoms with van der Waals surface area (Å²) >= 11 is 0. The van der Waals surface area contributed by atoms with E-state index in [1.165, 1.54) is 11.1 Å². The fourth-order valence-electron chi connectivity index (χ4n) is 3.27. The van der Waals surface area contributed by atoms with Crippen molar-refractivity contribution in [3.05, 3.63) is 76.8 Å². The van der Waals surface area contributed by atoms with Gasteiger partial charge in [0, 0.05) is 19.2 Å². The molecule has 1 aliphatic rings. The van der Waals surface area contributed by atoms with Crippen molar-refractivity contribution in [2.45, 2.75) is 13.0 Å². The number of aromatic nitrogens is 1. The van der Waals surface area contributed by atoms with Crippen molar-refractivity contribution < 1.29 is 9.15 Å². The highest BCUT2D eigenvalue weighted by Crippen LogP contribution is 2.28. The summed E-state index contributed by atoms with van der Waals surface area (Å²) in [5.74, 6) is 1.75. The van der Waals surface area contributed by atoms with Crippen LogP contribution in [0.3, 0.4) is 0 Å². The molecular weight excluding hydrogens is 338 g/mol. The quantitative estimate of drug-likeness (QED) is 0.697. The number of methoxy groups -OCH3 is 1. The Morgan fingerprint density at radius 2 is 2.00 bits per heavy atom. The van der Waals surface area contributed by atoms with Crippen LogP contribution in [0, 0.1) is 11.3 Å². The second kappa shape index (κ2) is 7.38. The first kappa shape index (κ1) is 16.9. The predicted octanol–water partition coefficient (Wildman–Crippen LogP) is 4.29. The topological polar surface area (TPSA) is 62.3 Å². The maximum atomic E-state index is 9.47. The van der Waals surface area contributed by atoms with E-state index in [9.17, 15) is 5.26 Å². The molecule has 0 amide bonds. The molecular formula is C22H19N3O2. The molecule has 0 fully saturated rings. The number of oxazole rings is 1. The van der Waals surface area contributed by atoms with Crippen LogP contribution in [0.2, 0.25) is 0 Å². The Bertz CT molecular complexity index is 1030. The first-order valence-electron chi connectivity index (χ1n) is 8.81. The standard InChI is InChI=1S/C22H19N3O2/c1-26-19-8-4-5-16(13-19)9-10-21-24-20(14-23)22(27-21)25-12-11-17-6-2-3-7-18(17)15-25/h2-10,13H,11-12,15H2,1H3/b10-9+. The molecule has 5 heteroatoms. The summed E-state index contributed by atoms with van der Waals surface area (Å²) in [7, 11) is 1.64. The van der Waals surface area contributed by atoms with Crippen LogP contribution in [-0.4, -0.2) is 18.6 Å². The number of hydrogen-bond acceptors (Lipinski definition) is 5. The largest absolute Gasteiger partial charge is 0.497 e. The summed E-state index contributed by atoms with van der Waals surface area (Å²) in [5.41, 5.74) is 3.90. The van der Waals surface area contributed by atoms with Gasteiger partial charge in [0.1, 0.15) is 11.8 Å². The lowest BCUT2D eigenvalue weighted by Gasteiger charge is -2.28. The molecule has 5 nitrogen and oxygen atoms in total. The van der Waals surface area contributed by atoms with Gasteiger partial charge in [-0.2, -0.15) is 10.2 Å². The molecule has 134 valence electrons. The van der Waals surface area contributed by atoms with E-state index in [0.29, 0.717) is 17.5 Å². The van der Waals surface area contributed by atoms with Crippen LogP contribution < -0.4 is 9.64 Å². The fourth-order valence-corrected chi connectivity index (χ4v) is 3.27. The molecule has 3 aromatic rings. The number of hydrogen-bond donors (Lipinski definition) is 0. The number of ether oxygens (including phenoxy) is 1. The molecule has 27 heavy (non-hydrogen) atoms. The third-order valence-electron chi connectivity index (χ3n) is 4.66. The van der Waals surface area contributed by atoms with Crippen LogP contribution >= 0.6 is 0 Å². The minimum absolute atomic E-state index is 0.319. The first-order valence-corrected chi connectivity index (χ1v) is 8.81. The van der Waals surface area contributed by atoms with Gasteiger partial charge in [0.2, 0.25) is 17.5 Å². The summed E-state index contributed by atoms with van der Waals surface area (Å²) < 4.78 is 11.1. The Morgan fingerprint density at radius 1 is 1.15 bits per heavy atom. The Labute approximate surface area is 158 Å². The predicted molar refractivity (Wildman–Crippen MR) is 104 cm³/mol. The van der Waals surface area contributed by atoms with E-state index in [2.05, 4.69) is 34.2 Å². The van der Waals surface area contributed by atoms with Crippen LogP contribution in [0.1, 0.15) is 28.3 Å². The second-order valence-electron chi connectivity index (χ2n) is 6.37. The molecule has 0 unspecified atom stereocenters. The number of anilines is 1. The van der Waals surface area contributed by atoms with E-state index in [0.717, 1.165) is 30.8 Å². The zero-order valence-corrected chi connectivity index (χ0v) is 15.1. The van der Waals surface area contributed by atoms with Gasteiger partial charge < -0.3 is 14.1 Å². The Balaban J connectivity index is 1.58.